The van der Waals surface area contributed by atoms with Crippen molar-refractivity contribution in [2.24, 2.45) is 41.4 Å². The summed E-state index contributed by atoms with van der Waals surface area (Å²) in [7, 11) is -7.66. The van der Waals surface area contributed by atoms with E-state index < -0.39 is 241 Å². The van der Waals surface area contributed by atoms with Crippen molar-refractivity contribution in [3.8, 4) is 11.5 Å². The number of hydrogen-bond acceptors (Lipinski definition) is 25. The van der Waals surface area contributed by atoms with Gasteiger partial charge in [-0.05, 0) is 224 Å². The minimum atomic E-state index is -4.42. The molecular formula is C103H150N14O23S2. The van der Waals surface area contributed by atoms with Gasteiger partial charge in [-0.25, -0.2) is 31.1 Å². The highest BCUT2D eigenvalue weighted by Crippen LogP contribution is 2.46. The molecule has 13 N–H and O–H groups in total. The van der Waals surface area contributed by atoms with E-state index in [4.69, 9.17) is 34.5 Å². The number of ketones is 4. The normalized spacial score (nSPS) is 15.3. The quantitative estimate of drug-likeness (QED) is 0.00566. The number of fused-ring (bicyclic) bond motifs is 3. The van der Waals surface area contributed by atoms with Gasteiger partial charge in [-0.3, -0.25) is 77.7 Å². The van der Waals surface area contributed by atoms with Gasteiger partial charge in [0.05, 0.1) is 47.1 Å². The minimum Gasteiger partial charge on any atom is -0.487 e. The molecule has 2 aliphatic heterocycles. The first-order valence-corrected chi connectivity index (χ1v) is 51.6. The molecular weight excluding hydrogens is 1870 g/mol. The number of sulfonamides is 2. The van der Waals surface area contributed by atoms with Crippen molar-refractivity contribution >= 4 is 125 Å². The number of Topliss-reactive ketones (excluding diaryl/α,β-unsaturated/α-hetero) is 4. The fraction of sp³-hybridized carbons (Fsp3) is 0.592. The Kier molecular flexibility index (Phi) is 41.3. The van der Waals surface area contributed by atoms with Crippen LogP contribution in [0.3, 0.4) is 0 Å². The molecule has 0 unspecified atom stereocenters. The standard InChI is InChI=1S/C103H150N14O23S2/c1-26-58(6)86(114-94(128)70(46-67-34-28-27-29-35-67)50-80(120)76(110-66(14)118)40-41-83(123)137-100(15,16)17)81(121)45-59(7)91(125)111-78(48-71-55-117(99(131)140-101(18,19)20)79-39-31-30-38-73(71)79)95(129)112-77(44-56(2)3)96(130)113-85(57(4)5)82(122)49-69(37-33-43-107-98(105)116-142(134,135)90-63(11)61(9)88-75(65(90)13)52-103(23,24)139-88)93(127)108-53-72(119)47-68(92(126)109-54-84(124)136-25)36-32-42-106-97(104)115-141(132,133)89-62(10)60(8)87-74(64(89)12)51-102(21,22)138-87/h27-31,34-35,38-39,55-59,68-70,76-78,85-86H,26,32-33,36-37,40-54H2,1-25H3,(H,108,127)(H,109,126)(H,110,118)(H,111,125)(H,112,129)(H,113,130)(H,114,128)(H3,104,106,115)(H3,105,107,116)/t58-,59-,68-,69-,70-,76+,77+,78+,85+,86-/m1/s1. The highest BCUT2D eigenvalue weighted by atomic mass is 32.2. The Morgan fingerprint density at radius 2 is 0.979 bits per heavy atom. The number of methoxy groups -OCH3 is 1. The molecule has 2 aliphatic rings. The summed E-state index contributed by atoms with van der Waals surface area (Å²) < 4.78 is 90.8. The van der Waals surface area contributed by atoms with Crippen molar-refractivity contribution in [1.29, 1.82) is 10.8 Å². The summed E-state index contributed by atoms with van der Waals surface area (Å²) in [6.45, 7) is 39.3. The molecule has 7 amide bonds. The molecule has 0 spiro atoms. The third-order valence-electron chi connectivity index (χ3n) is 25.3. The van der Waals surface area contributed by atoms with Crippen LogP contribution in [0, 0.1) is 93.8 Å². The number of aromatic nitrogens is 1. The van der Waals surface area contributed by atoms with Crippen molar-refractivity contribution in [2.45, 2.75) is 331 Å². The predicted octanol–water partition coefficient (Wildman–Crippen LogP) is 10.1. The Labute approximate surface area is 835 Å². The van der Waals surface area contributed by atoms with E-state index in [1.807, 2.05) is 27.7 Å². The first-order chi connectivity index (χ1) is 66.0. The molecule has 37 nitrogen and oxygen atoms in total. The van der Waals surface area contributed by atoms with E-state index in [0.717, 1.165) is 12.7 Å². The number of ether oxygens (including phenoxy) is 5. The van der Waals surface area contributed by atoms with E-state index in [1.165, 1.54) is 24.6 Å². The second-order valence-corrected chi connectivity index (χ2v) is 44.8. The maximum atomic E-state index is 15.5. The van der Waals surface area contributed by atoms with Crippen molar-refractivity contribution in [2.75, 3.05) is 33.3 Å². The van der Waals surface area contributed by atoms with Gasteiger partial charge >= 0.3 is 18.0 Å². The van der Waals surface area contributed by atoms with Crippen LogP contribution < -0.4 is 66.8 Å². The summed E-state index contributed by atoms with van der Waals surface area (Å²) in [5.74, 6) is -15.9. The summed E-state index contributed by atoms with van der Waals surface area (Å²) in [6.07, 6.45) is -1.14. The third kappa shape index (κ3) is 33.5. The van der Waals surface area contributed by atoms with Crippen LogP contribution in [0.1, 0.15) is 257 Å². The Bertz CT molecular complexity index is 5770. The van der Waals surface area contributed by atoms with Gasteiger partial charge in [0.2, 0.25) is 53.3 Å². The summed E-state index contributed by atoms with van der Waals surface area (Å²) in [4.78, 5) is 200. The second kappa shape index (κ2) is 50.2. The first-order valence-electron chi connectivity index (χ1n) is 48.6. The number of carbonyl (C=O) groups excluding carboxylic acids is 14. The summed E-state index contributed by atoms with van der Waals surface area (Å²) in [6, 6.07) is 8.66. The fourth-order valence-corrected chi connectivity index (χ4v) is 20.8. The van der Waals surface area contributed by atoms with E-state index in [9.17, 15) is 64.8 Å². The molecule has 0 radical (unpaired) electrons. The number of nitrogens with one attached hydrogen (secondary N) is 13. The SMILES string of the molecule is CC[C@@H](C)[C@@H](NC(=O)[C@@H](CC(=O)[C@H](CCC(=O)OC(C)(C)C)NC(C)=O)Cc1ccccc1)C(=O)C[C@@H](C)C(=O)N[C@@H](Cc1cn(C(=O)OC(C)(C)C)c2ccccc12)C(=O)N[C@@H](CC(C)C)C(=O)N[C@H](C(=O)C[C@@H](CCCNC(=N)NS(=O)(=O)c1c(C)c(C)c2c(c1C)CC(C)(C)O2)C(=O)NCC(=O)C[C@@H](CCCNC(=N)NS(=O)(=O)c1c(C)c(C)c2c(c1C)CC(C)(C)O2)C(=O)NCC(=O)OC)C(C)C. The predicted molar refractivity (Wildman–Crippen MR) is 536 cm³/mol. The number of guanidine groups is 2. The van der Waals surface area contributed by atoms with Crippen molar-refractivity contribution in [3.05, 3.63) is 116 Å². The average Bonchev–Trinajstić information content (AvgIpc) is 1.57. The lowest BCUT2D eigenvalue weighted by Gasteiger charge is -2.29. The van der Waals surface area contributed by atoms with Gasteiger partial charge in [0.15, 0.2) is 23.1 Å². The summed E-state index contributed by atoms with van der Waals surface area (Å²) in [5.41, 5.74) is 2.91. The monoisotopic (exact) mass is 2020 g/mol. The Balaban J connectivity index is 1.14. The number of para-hydroxylation sites is 1. The van der Waals surface area contributed by atoms with Crippen LogP contribution in [0.15, 0.2) is 70.6 Å². The second-order valence-electron chi connectivity index (χ2n) is 41.6. The number of nitrogens with zero attached hydrogens (tertiary/aromatic N) is 1. The van der Waals surface area contributed by atoms with Gasteiger partial charge in [-0.1, -0.05) is 103 Å². The largest absolute Gasteiger partial charge is 0.487 e. The van der Waals surface area contributed by atoms with Crippen LogP contribution in [0.25, 0.3) is 10.9 Å². The summed E-state index contributed by atoms with van der Waals surface area (Å²) in [5, 5.41) is 42.5. The maximum absolute atomic E-state index is 15.5. The highest BCUT2D eigenvalue weighted by molar-refractivity contribution is 7.90. The lowest BCUT2D eigenvalue weighted by molar-refractivity contribution is -0.155. The summed E-state index contributed by atoms with van der Waals surface area (Å²) >= 11 is 0. The molecule has 39 heteroatoms. The maximum Gasteiger partial charge on any atom is 0.419 e. The zero-order valence-electron chi connectivity index (χ0n) is 87.0. The minimum absolute atomic E-state index is 0.000862. The van der Waals surface area contributed by atoms with Gasteiger partial charge in [0.25, 0.3) is 20.0 Å². The van der Waals surface area contributed by atoms with Crippen LogP contribution in [0.4, 0.5) is 4.79 Å². The van der Waals surface area contributed by atoms with Crippen LogP contribution >= 0.6 is 0 Å². The van der Waals surface area contributed by atoms with Crippen molar-refractivity contribution < 1.29 is 108 Å². The topological polar surface area (TPSA) is 538 Å². The highest BCUT2D eigenvalue weighted by Gasteiger charge is 2.43. The van der Waals surface area contributed by atoms with Gasteiger partial charge in [-0.2, -0.15) is 0 Å². The zero-order chi connectivity index (χ0) is 107. The van der Waals surface area contributed by atoms with E-state index in [-0.39, 0.29) is 86.6 Å². The molecule has 5 aromatic rings. The van der Waals surface area contributed by atoms with Gasteiger partial charge in [-0.15, -0.1) is 0 Å². The van der Waals surface area contributed by atoms with Gasteiger partial charge in [0, 0.05) is 118 Å². The molecule has 1 aromatic heterocycles. The Morgan fingerprint density at radius 3 is 1.48 bits per heavy atom. The molecule has 4 aromatic carbocycles. The fourth-order valence-electron chi connectivity index (χ4n) is 17.7. The van der Waals surface area contributed by atoms with E-state index >= 15 is 19.2 Å². The van der Waals surface area contributed by atoms with Crippen LogP contribution in [0.2, 0.25) is 0 Å². The molecule has 0 fully saturated rings. The number of esters is 2. The van der Waals surface area contributed by atoms with Crippen LogP contribution in [-0.4, -0.2) is 202 Å². The number of hydrogen-bond donors (Lipinski definition) is 13. The molecule has 3 heterocycles. The Morgan fingerprint density at radius 1 is 0.500 bits per heavy atom. The first kappa shape index (κ1) is 117. The lowest BCUT2D eigenvalue weighted by atomic mass is 9.87. The number of rotatable bonds is 50. The Hall–Kier alpha value is -12.2. The molecule has 10 atom stereocenters. The third-order valence-corrected chi connectivity index (χ3v) is 28.5. The number of benzene rings is 4. The number of amides is 7. The molecule has 0 saturated heterocycles. The van der Waals surface area contributed by atoms with Crippen molar-refractivity contribution in [3.63, 3.8) is 0 Å². The van der Waals surface area contributed by atoms with Gasteiger partial charge in [0.1, 0.15) is 52.5 Å². The lowest BCUT2D eigenvalue weighted by Crippen LogP contribution is -2.57. The average molecular weight is 2020 g/mol. The van der Waals surface area contributed by atoms with Crippen LogP contribution in [0.5, 0.6) is 11.5 Å². The van der Waals surface area contributed by atoms with E-state index in [0.29, 0.717) is 91.7 Å². The smallest absolute Gasteiger partial charge is 0.419 e. The molecule has 7 rings (SSSR count). The van der Waals surface area contributed by atoms with Crippen molar-refractivity contribution in [1.82, 2.24) is 61.9 Å². The molecule has 0 aliphatic carbocycles. The van der Waals surface area contributed by atoms with E-state index in [1.54, 1.807) is 179 Å². The zero-order valence-corrected chi connectivity index (χ0v) is 88.6. The number of carbonyl (C=O) groups is 14. The molecule has 0 bridgehead atoms. The molecule has 0 saturated carbocycles. The molecule has 782 valence electrons. The molecule has 142 heavy (non-hydrogen) atoms. The van der Waals surface area contributed by atoms with E-state index in [2.05, 4.69) is 57.3 Å². The van der Waals surface area contributed by atoms with Crippen LogP contribution in [-0.2, 0) is 122 Å². The van der Waals surface area contributed by atoms with Gasteiger partial charge < -0.3 is 71.5 Å².